The molecule has 1 aromatic heterocycles. The van der Waals surface area contributed by atoms with Crippen LogP contribution >= 0.6 is 0 Å². The molecule has 4 nitrogen and oxygen atoms in total. The molecule has 1 aliphatic carbocycles. The molecule has 0 aliphatic heterocycles. The maximum atomic E-state index is 5.46. The number of hydrogen-bond acceptors (Lipinski definition) is 4. The van der Waals surface area contributed by atoms with Crippen LogP contribution in [0.4, 0.5) is 0 Å². The molecule has 0 fully saturated rings. The topological polar surface area (TPSA) is 64.9 Å². The van der Waals surface area contributed by atoms with Gasteiger partial charge in [-0.2, -0.15) is 4.98 Å². The Labute approximate surface area is 93.5 Å². The van der Waals surface area contributed by atoms with Crippen molar-refractivity contribution in [2.75, 3.05) is 0 Å². The normalized spacial score (nSPS) is 18.7. The summed E-state index contributed by atoms with van der Waals surface area (Å²) in [4.78, 5) is 4.31. The number of rotatable bonds is 2. The van der Waals surface area contributed by atoms with E-state index in [9.17, 15) is 0 Å². The van der Waals surface area contributed by atoms with Gasteiger partial charge in [-0.3, -0.25) is 0 Å². The summed E-state index contributed by atoms with van der Waals surface area (Å²) in [5.74, 6) is 1.56. The van der Waals surface area contributed by atoms with Gasteiger partial charge in [-0.1, -0.05) is 29.4 Å². The third-order valence-corrected chi connectivity index (χ3v) is 3.10. The van der Waals surface area contributed by atoms with Crippen molar-refractivity contribution in [2.24, 2.45) is 5.73 Å². The van der Waals surface area contributed by atoms with E-state index in [4.69, 9.17) is 10.3 Å². The highest BCUT2D eigenvalue weighted by molar-refractivity contribution is 5.38. The lowest BCUT2D eigenvalue weighted by Crippen LogP contribution is -2.00. The zero-order chi connectivity index (χ0) is 11.0. The number of aryl methyl sites for hydroxylation is 1. The van der Waals surface area contributed by atoms with Crippen LogP contribution in [0, 0.1) is 0 Å². The fourth-order valence-corrected chi connectivity index (χ4v) is 2.32. The van der Waals surface area contributed by atoms with Crippen molar-refractivity contribution in [2.45, 2.75) is 25.3 Å². The van der Waals surface area contributed by atoms with Crippen molar-refractivity contribution in [3.63, 3.8) is 0 Å². The first-order chi connectivity index (χ1) is 7.88. The zero-order valence-corrected chi connectivity index (χ0v) is 8.89. The van der Waals surface area contributed by atoms with Crippen LogP contribution in [0.1, 0.15) is 35.2 Å². The van der Waals surface area contributed by atoms with Crippen LogP contribution in [0.25, 0.3) is 0 Å². The molecule has 1 aliphatic rings. The Bertz CT molecular complexity index is 506. The van der Waals surface area contributed by atoms with Crippen molar-refractivity contribution < 1.29 is 4.52 Å². The molecule has 0 spiro atoms. The predicted molar refractivity (Wildman–Crippen MR) is 58.8 cm³/mol. The first kappa shape index (κ1) is 9.54. The Hall–Kier alpha value is -1.68. The minimum Gasteiger partial charge on any atom is -0.338 e. The van der Waals surface area contributed by atoms with Crippen LogP contribution < -0.4 is 5.73 Å². The molecule has 1 aromatic carbocycles. The summed E-state index contributed by atoms with van der Waals surface area (Å²) in [5.41, 5.74) is 8.18. The van der Waals surface area contributed by atoms with Gasteiger partial charge >= 0.3 is 0 Å². The van der Waals surface area contributed by atoms with Gasteiger partial charge in [-0.05, 0) is 24.0 Å². The molecule has 16 heavy (non-hydrogen) atoms. The standard InChI is InChI=1S/C12H13N3O/c13-7-11-14-12(15-16-11)10-6-5-8-3-1-2-4-9(8)10/h1-4,10H,5-7,13H2. The molecule has 3 rings (SSSR count). The van der Waals surface area contributed by atoms with E-state index in [0.29, 0.717) is 12.4 Å². The number of nitrogens with zero attached hydrogens (tertiary/aromatic N) is 2. The number of fused-ring (bicyclic) bond motifs is 1. The second kappa shape index (κ2) is 3.72. The van der Waals surface area contributed by atoms with Gasteiger partial charge in [0.05, 0.1) is 6.54 Å². The molecular weight excluding hydrogens is 202 g/mol. The minimum atomic E-state index is 0.278. The molecular formula is C12H13N3O. The molecule has 0 radical (unpaired) electrons. The van der Waals surface area contributed by atoms with Crippen LogP contribution in [0.3, 0.4) is 0 Å². The number of benzene rings is 1. The summed E-state index contributed by atoms with van der Waals surface area (Å²) in [6, 6.07) is 8.44. The van der Waals surface area contributed by atoms with Gasteiger partial charge in [0.2, 0.25) is 5.89 Å². The van der Waals surface area contributed by atoms with E-state index in [0.717, 1.165) is 18.7 Å². The fraction of sp³-hybridized carbons (Fsp3) is 0.333. The first-order valence-electron chi connectivity index (χ1n) is 5.49. The zero-order valence-electron chi connectivity index (χ0n) is 8.89. The molecule has 82 valence electrons. The lowest BCUT2D eigenvalue weighted by atomic mass is 10.0. The van der Waals surface area contributed by atoms with E-state index in [-0.39, 0.29) is 5.92 Å². The lowest BCUT2D eigenvalue weighted by Gasteiger charge is -2.05. The third kappa shape index (κ3) is 1.42. The average Bonchev–Trinajstić information content (AvgIpc) is 2.94. The molecule has 2 N–H and O–H groups in total. The summed E-state index contributed by atoms with van der Waals surface area (Å²) < 4.78 is 5.06. The van der Waals surface area contributed by atoms with Gasteiger partial charge in [0.1, 0.15) is 0 Å². The van der Waals surface area contributed by atoms with Gasteiger partial charge < -0.3 is 10.3 Å². The van der Waals surface area contributed by atoms with Crippen molar-refractivity contribution in [3.05, 3.63) is 47.1 Å². The summed E-state index contributed by atoms with van der Waals surface area (Å²) in [7, 11) is 0. The lowest BCUT2D eigenvalue weighted by molar-refractivity contribution is 0.372. The molecule has 1 unspecified atom stereocenters. The predicted octanol–water partition coefficient (Wildman–Crippen LogP) is 1.61. The molecule has 0 bridgehead atoms. The molecule has 0 saturated heterocycles. The molecule has 0 amide bonds. The Morgan fingerprint density at radius 1 is 1.38 bits per heavy atom. The van der Waals surface area contributed by atoms with Crippen molar-refractivity contribution >= 4 is 0 Å². The second-order valence-corrected chi connectivity index (χ2v) is 4.04. The third-order valence-electron chi connectivity index (χ3n) is 3.10. The smallest absolute Gasteiger partial charge is 0.240 e. The van der Waals surface area contributed by atoms with E-state index in [2.05, 4.69) is 34.4 Å². The van der Waals surface area contributed by atoms with Gasteiger partial charge in [-0.25, -0.2) is 0 Å². The first-order valence-corrected chi connectivity index (χ1v) is 5.49. The highest BCUT2D eigenvalue weighted by Gasteiger charge is 2.27. The van der Waals surface area contributed by atoms with Gasteiger partial charge in [0.25, 0.3) is 0 Å². The van der Waals surface area contributed by atoms with Crippen LogP contribution in [0.5, 0.6) is 0 Å². The maximum Gasteiger partial charge on any atom is 0.240 e. The highest BCUT2D eigenvalue weighted by Crippen LogP contribution is 2.36. The number of nitrogens with two attached hydrogens (primary N) is 1. The second-order valence-electron chi connectivity index (χ2n) is 4.04. The van der Waals surface area contributed by atoms with Crippen LogP contribution in [0.2, 0.25) is 0 Å². The largest absolute Gasteiger partial charge is 0.338 e. The van der Waals surface area contributed by atoms with E-state index in [1.807, 2.05) is 0 Å². The maximum absolute atomic E-state index is 5.46. The quantitative estimate of drug-likeness (QED) is 0.826. The molecule has 1 atom stereocenters. The van der Waals surface area contributed by atoms with E-state index in [1.54, 1.807) is 0 Å². The Kier molecular flexibility index (Phi) is 2.22. The summed E-state index contributed by atoms with van der Waals surface area (Å²) in [6.07, 6.45) is 2.15. The van der Waals surface area contributed by atoms with E-state index < -0.39 is 0 Å². The molecule has 1 heterocycles. The Balaban J connectivity index is 1.98. The molecule has 0 saturated carbocycles. The van der Waals surface area contributed by atoms with Crippen molar-refractivity contribution in [3.8, 4) is 0 Å². The summed E-state index contributed by atoms with van der Waals surface area (Å²) in [6.45, 7) is 0.307. The van der Waals surface area contributed by atoms with Crippen molar-refractivity contribution in [1.29, 1.82) is 0 Å². The Morgan fingerprint density at radius 3 is 3.06 bits per heavy atom. The van der Waals surface area contributed by atoms with Gasteiger partial charge in [0.15, 0.2) is 5.82 Å². The van der Waals surface area contributed by atoms with Crippen LogP contribution in [-0.4, -0.2) is 10.1 Å². The van der Waals surface area contributed by atoms with Gasteiger partial charge in [-0.15, -0.1) is 0 Å². The average molecular weight is 215 g/mol. The minimum absolute atomic E-state index is 0.278. The van der Waals surface area contributed by atoms with Crippen molar-refractivity contribution in [1.82, 2.24) is 10.1 Å². The summed E-state index contributed by atoms with van der Waals surface area (Å²) >= 11 is 0. The number of hydrogen-bond donors (Lipinski definition) is 1. The van der Waals surface area contributed by atoms with E-state index in [1.165, 1.54) is 11.1 Å². The van der Waals surface area contributed by atoms with Gasteiger partial charge in [0, 0.05) is 5.92 Å². The van der Waals surface area contributed by atoms with E-state index >= 15 is 0 Å². The highest BCUT2D eigenvalue weighted by atomic mass is 16.5. The van der Waals surface area contributed by atoms with Crippen LogP contribution in [0.15, 0.2) is 28.8 Å². The van der Waals surface area contributed by atoms with Crippen LogP contribution in [-0.2, 0) is 13.0 Å². The fourth-order valence-electron chi connectivity index (χ4n) is 2.32. The molecule has 4 heteroatoms. The number of aromatic nitrogens is 2. The Morgan fingerprint density at radius 2 is 2.25 bits per heavy atom. The summed E-state index contributed by atoms with van der Waals surface area (Å²) in [5, 5.41) is 4.00. The monoisotopic (exact) mass is 215 g/mol. The SMILES string of the molecule is NCc1nc(C2CCc3ccccc32)no1. The molecule has 2 aromatic rings.